The first-order valence-electron chi connectivity index (χ1n) is 10.6. The highest BCUT2D eigenvalue weighted by molar-refractivity contribution is 6.02. The normalized spacial score (nSPS) is 13.1. The number of carbonyl (C=O) groups is 1. The maximum atomic E-state index is 13.5. The van der Waals surface area contributed by atoms with E-state index in [1.165, 1.54) is 12.1 Å². The summed E-state index contributed by atoms with van der Waals surface area (Å²) in [6, 6.07) is 14.5. The van der Waals surface area contributed by atoms with Crippen molar-refractivity contribution in [3.8, 4) is 22.4 Å². The Bertz CT molecular complexity index is 1190. The van der Waals surface area contributed by atoms with Crippen LogP contribution in [0.4, 0.5) is 10.2 Å². The molecule has 0 aliphatic carbocycles. The Kier molecular flexibility index (Phi) is 6.56. The number of nitrogens with zero attached hydrogens (tertiary/aromatic N) is 2. The number of pyridine rings is 2. The van der Waals surface area contributed by atoms with Gasteiger partial charge in [-0.05, 0) is 73.1 Å². The molecule has 3 N–H and O–H groups in total. The van der Waals surface area contributed by atoms with Gasteiger partial charge in [0.1, 0.15) is 23.6 Å². The monoisotopic (exact) mass is 431 g/mol. The van der Waals surface area contributed by atoms with Gasteiger partial charge in [-0.1, -0.05) is 6.92 Å². The summed E-state index contributed by atoms with van der Waals surface area (Å²) < 4.78 is 13.5. The van der Waals surface area contributed by atoms with Gasteiger partial charge in [0.2, 0.25) is 0 Å². The smallest absolute Gasteiger partial charge is 0.140 e. The number of nitrogens with one attached hydrogen (secondary N) is 3. The summed E-state index contributed by atoms with van der Waals surface area (Å²) in [5.41, 5.74) is 4.50. The first-order chi connectivity index (χ1) is 15.6. The molecule has 0 aliphatic rings. The van der Waals surface area contributed by atoms with Crippen LogP contribution in [-0.2, 0) is 4.79 Å². The van der Waals surface area contributed by atoms with E-state index in [9.17, 15) is 9.18 Å². The summed E-state index contributed by atoms with van der Waals surface area (Å²) >= 11 is 0. The van der Waals surface area contributed by atoms with Crippen LogP contribution in [0.3, 0.4) is 0 Å². The first kappa shape index (κ1) is 21.6. The van der Waals surface area contributed by atoms with Crippen molar-refractivity contribution in [3.05, 3.63) is 66.7 Å². The summed E-state index contributed by atoms with van der Waals surface area (Å²) in [6.07, 6.45) is 5.23. The molecule has 7 heteroatoms. The molecule has 32 heavy (non-hydrogen) atoms. The third kappa shape index (κ3) is 4.68. The number of aromatic nitrogens is 3. The predicted octanol–water partition coefficient (Wildman–Crippen LogP) is 4.66. The molecule has 1 aromatic carbocycles. The van der Waals surface area contributed by atoms with E-state index in [-0.39, 0.29) is 17.8 Å². The van der Waals surface area contributed by atoms with Crippen molar-refractivity contribution >= 4 is 23.1 Å². The molecule has 0 saturated heterocycles. The van der Waals surface area contributed by atoms with Crippen molar-refractivity contribution in [2.45, 2.75) is 19.4 Å². The lowest BCUT2D eigenvalue weighted by Crippen LogP contribution is -2.34. The molecule has 0 spiro atoms. The summed E-state index contributed by atoms with van der Waals surface area (Å²) in [6.45, 7) is 2.56. The molecule has 0 aliphatic heterocycles. The summed E-state index contributed by atoms with van der Waals surface area (Å²) in [5.74, 6) is 0.460. The van der Waals surface area contributed by atoms with Crippen LogP contribution in [0, 0.1) is 11.7 Å². The highest BCUT2D eigenvalue weighted by atomic mass is 19.1. The number of aldehydes is 1. The minimum Gasteiger partial charge on any atom is -0.368 e. The van der Waals surface area contributed by atoms with Crippen LogP contribution in [0.5, 0.6) is 0 Å². The van der Waals surface area contributed by atoms with Crippen LogP contribution in [0.25, 0.3) is 33.4 Å². The van der Waals surface area contributed by atoms with E-state index in [4.69, 9.17) is 4.98 Å². The number of likely N-dealkylation sites (N-methyl/N-ethyl adjacent to an activating group) is 1. The lowest BCUT2D eigenvalue weighted by Gasteiger charge is -2.18. The van der Waals surface area contributed by atoms with Crippen LogP contribution in [0.15, 0.2) is 60.9 Å². The molecule has 0 saturated carbocycles. The van der Waals surface area contributed by atoms with Gasteiger partial charge in [0, 0.05) is 41.8 Å². The van der Waals surface area contributed by atoms with Crippen LogP contribution < -0.4 is 10.6 Å². The predicted molar refractivity (Wildman–Crippen MR) is 126 cm³/mol. The highest BCUT2D eigenvalue weighted by Gasteiger charge is 2.17. The van der Waals surface area contributed by atoms with E-state index in [0.717, 1.165) is 51.9 Å². The third-order valence-corrected chi connectivity index (χ3v) is 5.59. The fourth-order valence-corrected chi connectivity index (χ4v) is 3.86. The molecule has 3 heterocycles. The molecule has 1 unspecified atom stereocenters. The molecule has 2 atom stereocenters. The second-order valence-corrected chi connectivity index (χ2v) is 7.93. The lowest BCUT2D eigenvalue weighted by molar-refractivity contribution is -0.110. The van der Waals surface area contributed by atoms with Gasteiger partial charge in [-0.25, -0.2) is 9.37 Å². The second kappa shape index (κ2) is 9.70. The molecular weight excluding hydrogens is 405 g/mol. The summed E-state index contributed by atoms with van der Waals surface area (Å²) in [5, 5.41) is 7.58. The number of hydrogen-bond acceptors (Lipinski definition) is 5. The zero-order valence-corrected chi connectivity index (χ0v) is 18.1. The number of H-pyrrole nitrogens is 1. The van der Waals surface area contributed by atoms with E-state index in [0.29, 0.717) is 6.54 Å². The zero-order chi connectivity index (χ0) is 22.5. The highest BCUT2D eigenvalue weighted by Crippen LogP contribution is 2.38. The molecule has 164 valence electrons. The number of benzene rings is 1. The quantitative estimate of drug-likeness (QED) is 0.336. The van der Waals surface area contributed by atoms with Crippen molar-refractivity contribution in [3.63, 3.8) is 0 Å². The fourth-order valence-electron chi connectivity index (χ4n) is 3.86. The van der Waals surface area contributed by atoms with Crippen LogP contribution >= 0.6 is 0 Å². The van der Waals surface area contributed by atoms with Crippen LogP contribution in [-0.4, -0.2) is 40.9 Å². The van der Waals surface area contributed by atoms with Crippen molar-refractivity contribution in [2.75, 3.05) is 18.9 Å². The van der Waals surface area contributed by atoms with E-state index in [1.807, 2.05) is 38.2 Å². The van der Waals surface area contributed by atoms with E-state index >= 15 is 0 Å². The molecule has 4 rings (SSSR count). The van der Waals surface area contributed by atoms with Gasteiger partial charge in [0.25, 0.3) is 0 Å². The first-order valence-corrected chi connectivity index (χ1v) is 10.6. The van der Waals surface area contributed by atoms with Crippen molar-refractivity contribution in [1.29, 1.82) is 0 Å². The van der Waals surface area contributed by atoms with Crippen LogP contribution in [0.1, 0.15) is 13.3 Å². The maximum absolute atomic E-state index is 13.5. The Labute approximate surface area is 186 Å². The summed E-state index contributed by atoms with van der Waals surface area (Å²) in [7, 11) is 1.89. The number of rotatable bonds is 9. The molecule has 6 nitrogen and oxygen atoms in total. The van der Waals surface area contributed by atoms with Gasteiger partial charge in [-0.3, -0.25) is 4.98 Å². The van der Waals surface area contributed by atoms with Crippen molar-refractivity contribution in [1.82, 2.24) is 20.3 Å². The second-order valence-electron chi connectivity index (χ2n) is 7.93. The molecular formula is C25H26FN5O. The average Bonchev–Trinajstić information content (AvgIpc) is 3.21. The maximum Gasteiger partial charge on any atom is 0.140 e. The lowest BCUT2D eigenvalue weighted by atomic mass is 10.00. The molecule has 0 fully saturated rings. The van der Waals surface area contributed by atoms with Gasteiger partial charge < -0.3 is 20.4 Å². The van der Waals surface area contributed by atoms with Gasteiger partial charge in [0.15, 0.2) is 0 Å². The average molecular weight is 432 g/mol. The van der Waals surface area contributed by atoms with Crippen molar-refractivity contribution < 1.29 is 9.18 Å². The number of carbonyl (C=O) groups excluding carboxylic acids is 1. The standard InChI is InChI=1S/C25H26FN5O/c1-16(15-32)13-20(27-2)14-29-22-8-7-21-23(17-9-11-28-12-10-17)24(31-25(21)30-22)18-3-5-19(26)6-4-18/h3-12,15-16,20,27H,13-14H2,1-2H3,(H2,29,30,31)/t16?,20-/m0/s1. The van der Waals surface area contributed by atoms with Gasteiger partial charge in [-0.2, -0.15) is 0 Å². The van der Waals surface area contributed by atoms with Gasteiger partial charge >= 0.3 is 0 Å². The summed E-state index contributed by atoms with van der Waals surface area (Å²) in [4.78, 5) is 23.3. The van der Waals surface area contributed by atoms with Crippen molar-refractivity contribution in [2.24, 2.45) is 5.92 Å². The molecule has 0 radical (unpaired) electrons. The van der Waals surface area contributed by atoms with E-state index in [1.54, 1.807) is 24.5 Å². The largest absolute Gasteiger partial charge is 0.368 e. The Morgan fingerprint density at radius 3 is 2.50 bits per heavy atom. The molecule has 4 aromatic rings. The number of halogens is 1. The zero-order valence-electron chi connectivity index (χ0n) is 18.1. The number of fused-ring (bicyclic) bond motifs is 1. The Morgan fingerprint density at radius 1 is 1.06 bits per heavy atom. The Balaban J connectivity index is 1.69. The fraction of sp³-hybridized carbons (Fsp3) is 0.240. The molecule has 3 aromatic heterocycles. The Morgan fingerprint density at radius 2 is 1.81 bits per heavy atom. The number of hydrogen-bond donors (Lipinski definition) is 3. The van der Waals surface area contributed by atoms with Gasteiger partial charge in [-0.15, -0.1) is 0 Å². The number of anilines is 1. The minimum absolute atomic E-state index is 0.00529. The molecule has 0 amide bonds. The topological polar surface area (TPSA) is 82.7 Å². The van der Waals surface area contributed by atoms with E-state index < -0.39 is 0 Å². The van der Waals surface area contributed by atoms with E-state index in [2.05, 4.69) is 20.6 Å². The Hall–Kier alpha value is -3.58. The number of aromatic amines is 1. The van der Waals surface area contributed by atoms with Gasteiger partial charge in [0.05, 0.1) is 5.69 Å². The minimum atomic E-state index is -0.275. The SMILES string of the molecule is CN[C@H](CNc1ccc2c(-c3ccncc3)c(-c3ccc(F)cc3)[nH]c2n1)CC(C)C=O. The third-order valence-electron chi connectivity index (χ3n) is 5.59. The van der Waals surface area contributed by atoms with Crippen LogP contribution in [0.2, 0.25) is 0 Å². The molecule has 0 bridgehead atoms.